The molecule has 0 amide bonds. The number of Topliss-reactive ketones (excluding diaryl/α,β-unsaturated/α-hetero) is 1. The first-order chi connectivity index (χ1) is 8.10. The molecule has 0 heterocycles. The van der Waals surface area contributed by atoms with E-state index in [9.17, 15) is 4.79 Å². The first-order valence-corrected chi connectivity index (χ1v) is 6.69. The van der Waals surface area contributed by atoms with Crippen molar-refractivity contribution < 1.29 is 4.79 Å². The Morgan fingerprint density at radius 2 is 1.56 bits per heavy atom. The molecular formula is C17H24O. The quantitative estimate of drug-likeness (QED) is 0.762. The normalized spacial score (nSPS) is 33.3. The third-order valence-electron chi connectivity index (χ3n) is 6.23. The monoisotopic (exact) mass is 244 g/mol. The second kappa shape index (κ2) is 3.46. The summed E-state index contributed by atoms with van der Waals surface area (Å²) < 4.78 is 0. The minimum Gasteiger partial charge on any atom is -0.299 e. The molecular weight excluding hydrogens is 220 g/mol. The van der Waals surface area contributed by atoms with Crippen LogP contribution in [0.5, 0.6) is 0 Å². The van der Waals surface area contributed by atoms with Gasteiger partial charge in [0.25, 0.3) is 0 Å². The van der Waals surface area contributed by atoms with Crippen molar-refractivity contribution >= 4 is 5.78 Å². The van der Waals surface area contributed by atoms with Crippen LogP contribution in [-0.4, -0.2) is 5.78 Å². The zero-order valence-corrected chi connectivity index (χ0v) is 12.6. The molecule has 1 aliphatic rings. The highest BCUT2D eigenvalue weighted by molar-refractivity contribution is 5.90. The summed E-state index contributed by atoms with van der Waals surface area (Å²) in [6, 6.07) is 6.62. The summed E-state index contributed by atoms with van der Waals surface area (Å²) in [5.41, 5.74) is 3.64. The minimum absolute atomic E-state index is 0.0214. The molecule has 2 atom stereocenters. The molecule has 0 bridgehead atoms. The van der Waals surface area contributed by atoms with Crippen LogP contribution in [0.1, 0.15) is 51.3 Å². The van der Waals surface area contributed by atoms with Gasteiger partial charge in [0.2, 0.25) is 0 Å². The Bertz CT molecular complexity index is 526. The lowest BCUT2D eigenvalue weighted by Crippen LogP contribution is -2.19. The molecule has 1 aromatic carbocycles. The molecule has 1 heteroatoms. The second-order valence-electron chi connectivity index (χ2n) is 6.73. The van der Waals surface area contributed by atoms with Gasteiger partial charge in [-0.05, 0) is 42.9 Å². The number of hydrogen-bond donors (Lipinski definition) is 0. The van der Waals surface area contributed by atoms with Gasteiger partial charge in [0.15, 0.2) is 0 Å². The fourth-order valence-electron chi connectivity index (χ4n) is 3.84. The zero-order chi connectivity index (χ0) is 13.9. The van der Waals surface area contributed by atoms with E-state index in [2.05, 4.69) is 59.7 Å². The van der Waals surface area contributed by atoms with Crippen LogP contribution in [0.25, 0.3) is 0 Å². The third kappa shape index (κ3) is 1.20. The number of aryl methyl sites for hydroxylation is 2. The molecule has 0 saturated heterocycles. The van der Waals surface area contributed by atoms with E-state index in [-0.39, 0.29) is 16.2 Å². The molecule has 0 unspecified atom stereocenters. The SMILES string of the molecule is CC(=O)[C@]1(C)C(C)(C)[C@@]1(C)c1ccc(C)c(C)c1. The molecule has 0 aliphatic heterocycles. The average molecular weight is 244 g/mol. The number of ketones is 1. The Morgan fingerprint density at radius 3 is 1.94 bits per heavy atom. The van der Waals surface area contributed by atoms with Crippen LogP contribution >= 0.6 is 0 Å². The lowest BCUT2D eigenvalue weighted by Gasteiger charge is -2.18. The lowest BCUT2D eigenvalue weighted by atomic mass is 9.85. The first-order valence-electron chi connectivity index (χ1n) is 6.69. The van der Waals surface area contributed by atoms with Gasteiger partial charge in [-0.2, -0.15) is 0 Å². The van der Waals surface area contributed by atoms with E-state index >= 15 is 0 Å². The van der Waals surface area contributed by atoms with Crippen LogP contribution < -0.4 is 0 Å². The van der Waals surface area contributed by atoms with Crippen LogP contribution in [0.4, 0.5) is 0 Å². The predicted molar refractivity (Wildman–Crippen MR) is 75.8 cm³/mol. The molecule has 0 N–H and O–H groups in total. The molecule has 1 nitrogen and oxygen atoms in total. The van der Waals surface area contributed by atoms with Gasteiger partial charge in [0.05, 0.1) is 0 Å². The van der Waals surface area contributed by atoms with Crippen LogP contribution in [-0.2, 0) is 10.2 Å². The van der Waals surface area contributed by atoms with Crippen molar-refractivity contribution in [3.05, 3.63) is 34.9 Å². The van der Waals surface area contributed by atoms with Crippen molar-refractivity contribution in [2.75, 3.05) is 0 Å². The topological polar surface area (TPSA) is 17.1 Å². The summed E-state index contributed by atoms with van der Waals surface area (Å²) in [6.45, 7) is 14.8. The van der Waals surface area contributed by atoms with Crippen molar-refractivity contribution in [1.29, 1.82) is 0 Å². The Hall–Kier alpha value is -1.11. The highest BCUT2D eigenvalue weighted by atomic mass is 16.1. The molecule has 98 valence electrons. The smallest absolute Gasteiger partial charge is 0.137 e. The van der Waals surface area contributed by atoms with Crippen LogP contribution in [0.15, 0.2) is 18.2 Å². The third-order valence-corrected chi connectivity index (χ3v) is 6.23. The number of hydrogen-bond acceptors (Lipinski definition) is 1. The van der Waals surface area contributed by atoms with Crippen molar-refractivity contribution in [1.82, 2.24) is 0 Å². The van der Waals surface area contributed by atoms with E-state index in [0.29, 0.717) is 5.78 Å². The summed E-state index contributed by atoms with van der Waals surface area (Å²) in [5.74, 6) is 0.299. The standard InChI is InChI=1S/C17H24O/c1-11-8-9-14(10-12(11)2)17(7)15(4,5)16(17,6)13(3)18/h8-10H,1-7H3/t16-,17-/m1/s1. The summed E-state index contributed by atoms with van der Waals surface area (Å²) >= 11 is 0. The van der Waals surface area contributed by atoms with Gasteiger partial charge in [-0.15, -0.1) is 0 Å². The molecule has 0 aromatic heterocycles. The van der Waals surface area contributed by atoms with Crippen molar-refractivity contribution in [3.63, 3.8) is 0 Å². The summed E-state index contributed by atoms with van der Waals surface area (Å²) in [4.78, 5) is 12.1. The fourth-order valence-corrected chi connectivity index (χ4v) is 3.84. The molecule has 1 fully saturated rings. The zero-order valence-electron chi connectivity index (χ0n) is 12.6. The van der Waals surface area contributed by atoms with E-state index in [0.717, 1.165) is 0 Å². The molecule has 2 rings (SSSR count). The fraction of sp³-hybridized carbons (Fsp3) is 0.588. The predicted octanol–water partition coefficient (Wildman–Crippen LogP) is 4.20. The number of carbonyl (C=O) groups is 1. The van der Waals surface area contributed by atoms with E-state index in [1.807, 2.05) is 0 Å². The number of rotatable bonds is 2. The Kier molecular flexibility index (Phi) is 2.56. The van der Waals surface area contributed by atoms with Crippen LogP contribution in [0, 0.1) is 24.7 Å². The maximum atomic E-state index is 12.1. The minimum atomic E-state index is -0.248. The van der Waals surface area contributed by atoms with Gasteiger partial charge < -0.3 is 0 Å². The van der Waals surface area contributed by atoms with Crippen LogP contribution in [0.2, 0.25) is 0 Å². The first kappa shape index (κ1) is 13.3. The maximum Gasteiger partial charge on any atom is 0.137 e. The average Bonchev–Trinajstić information content (AvgIpc) is 2.64. The number of carbonyl (C=O) groups excluding carboxylic acids is 1. The van der Waals surface area contributed by atoms with Crippen LogP contribution in [0.3, 0.4) is 0 Å². The number of benzene rings is 1. The van der Waals surface area contributed by atoms with Gasteiger partial charge in [-0.3, -0.25) is 4.79 Å². The molecule has 1 saturated carbocycles. The largest absolute Gasteiger partial charge is 0.299 e. The summed E-state index contributed by atoms with van der Waals surface area (Å²) in [5, 5.41) is 0. The molecule has 18 heavy (non-hydrogen) atoms. The molecule has 0 radical (unpaired) electrons. The lowest BCUT2D eigenvalue weighted by molar-refractivity contribution is -0.122. The van der Waals surface area contributed by atoms with Gasteiger partial charge in [-0.25, -0.2) is 0 Å². The van der Waals surface area contributed by atoms with Gasteiger partial charge in [0.1, 0.15) is 5.78 Å². The Labute approximate surface area is 111 Å². The highest BCUT2D eigenvalue weighted by Gasteiger charge is 2.79. The maximum absolute atomic E-state index is 12.1. The van der Waals surface area contributed by atoms with E-state index < -0.39 is 0 Å². The van der Waals surface area contributed by atoms with Crippen molar-refractivity contribution in [2.24, 2.45) is 10.8 Å². The van der Waals surface area contributed by atoms with Gasteiger partial charge in [-0.1, -0.05) is 45.9 Å². The van der Waals surface area contributed by atoms with Gasteiger partial charge >= 0.3 is 0 Å². The second-order valence-corrected chi connectivity index (χ2v) is 6.73. The van der Waals surface area contributed by atoms with Gasteiger partial charge in [0, 0.05) is 10.8 Å². The highest BCUT2D eigenvalue weighted by Crippen LogP contribution is 2.78. The van der Waals surface area contributed by atoms with Crippen molar-refractivity contribution in [2.45, 2.75) is 53.9 Å². The van der Waals surface area contributed by atoms with E-state index in [1.165, 1.54) is 16.7 Å². The summed E-state index contributed by atoms with van der Waals surface area (Å²) in [6.07, 6.45) is 0. The molecule has 1 aliphatic carbocycles. The Morgan fingerprint density at radius 1 is 1.00 bits per heavy atom. The van der Waals surface area contributed by atoms with E-state index in [4.69, 9.17) is 0 Å². The van der Waals surface area contributed by atoms with Crippen molar-refractivity contribution in [3.8, 4) is 0 Å². The Balaban J connectivity index is 2.58. The molecule has 0 spiro atoms. The summed E-state index contributed by atoms with van der Waals surface area (Å²) in [7, 11) is 0. The molecule has 1 aromatic rings. The van der Waals surface area contributed by atoms with E-state index in [1.54, 1.807) is 6.92 Å².